The van der Waals surface area contributed by atoms with Gasteiger partial charge in [0.05, 0.1) is 0 Å². The third-order valence-electron chi connectivity index (χ3n) is 12.3. The summed E-state index contributed by atoms with van der Waals surface area (Å²) in [5.74, 6) is -0.948. The number of carbonyl (C=O) groups excluding carboxylic acids is 3. The van der Waals surface area contributed by atoms with Crippen LogP contribution < -0.4 is 0 Å². The Balaban J connectivity index is 4.40. The zero-order valence-corrected chi connectivity index (χ0v) is 46.2. The monoisotopic (exact) mass is 985 g/mol. The molecule has 0 bridgehead atoms. The summed E-state index contributed by atoms with van der Waals surface area (Å²) in [6.45, 7) is 6.47. The first-order chi connectivity index (χ1) is 35.0. The highest BCUT2D eigenvalue weighted by molar-refractivity contribution is 5.71. The molecule has 6 nitrogen and oxygen atoms in total. The van der Waals surface area contributed by atoms with Gasteiger partial charge in [-0.1, -0.05) is 246 Å². The Hall–Kier alpha value is -3.93. The lowest BCUT2D eigenvalue weighted by atomic mass is 10.1. The molecule has 0 saturated carbocycles. The molecule has 0 spiro atoms. The maximum absolute atomic E-state index is 12.8. The van der Waals surface area contributed by atoms with E-state index < -0.39 is 6.10 Å². The molecule has 0 rings (SSSR count). The predicted octanol–water partition coefficient (Wildman–Crippen LogP) is 19.9. The van der Waals surface area contributed by atoms with Crippen molar-refractivity contribution in [2.75, 3.05) is 13.2 Å². The van der Waals surface area contributed by atoms with Crippen molar-refractivity contribution in [3.8, 4) is 0 Å². The molecule has 0 heterocycles. The van der Waals surface area contributed by atoms with Crippen LogP contribution in [-0.4, -0.2) is 37.2 Å². The molecular formula is C65H108O6. The van der Waals surface area contributed by atoms with Crippen LogP contribution in [0.15, 0.2) is 109 Å². The van der Waals surface area contributed by atoms with Crippen molar-refractivity contribution in [2.24, 2.45) is 0 Å². The first-order valence-electron chi connectivity index (χ1n) is 29.4. The molecule has 0 saturated heterocycles. The van der Waals surface area contributed by atoms with E-state index >= 15 is 0 Å². The van der Waals surface area contributed by atoms with E-state index in [0.717, 1.165) is 122 Å². The summed E-state index contributed by atoms with van der Waals surface area (Å²) in [5.41, 5.74) is 0. The van der Waals surface area contributed by atoms with Crippen LogP contribution in [0, 0.1) is 0 Å². The molecule has 6 heteroatoms. The van der Waals surface area contributed by atoms with E-state index in [1.807, 2.05) is 0 Å². The number of ether oxygens (including phenoxy) is 3. The van der Waals surface area contributed by atoms with Crippen molar-refractivity contribution in [1.82, 2.24) is 0 Å². The topological polar surface area (TPSA) is 78.9 Å². The lowest BCUT2D eigenvalue weighted by molar-refractivity contribution is -0.167. The highest BCUT2D eigenvalue weighted by Gasteiger charge is 2.19. The zero-order chi connectivity index (χ0) is 51.4. The summed E-state index contributed by atoms with van der Waals surface area (Å²) in [7, 11) is 0. The first kappa shape index (κ1) is 67.1. The Morgan fingerprint density at radius 1 is 0.296 bits per heavy atom. The molecule has 0 N–H and O–H groups in total. The standard InChI is InChI=1S/C65H108O6/c1-4-7-10-13-16-19-22-24-26-27-28-29-30-31-32-33-34-35-36-37-39-40-43-46-49-52-55-58-64(67)70-61-62(60-69-63(66)57-54-51-48-45-42-21-18-15-12-9-6-3)71-65(68)59-56-53-50-47-44-41-38-25-23-20-17-14-11-8-5-2/h7,10,16,19,24-26,28-29,31-32,34-35,37-39,43,46,62H,4-6,8-9,11-15,17-18,20-23,27,30,33,36,40-42,44-45,47-61H2,1-3H3/b10-7-,19-16-,26-24-,29-28-,32-31-,35-34-,38-25-,39-37-,46-43-. The Morgan fingerprint density at radius 2 is 0.549 bits per heavy atom. The van der Waals surface area contributed by atoms with Crippen molar-refractivity contribution >= 4 is 17.9 Å². The smallest absolute Gasteiger partial charge is 0.306 e. The quantitative estimate of drug-likeness (QED) is 0.0261. The SMILES string of the molecule is CC/C=C\C/C=C\C/C=C\C/C=C\C/C=C\C/C=C\C/C=C\C/C=C\CCCCC(=O)OCC(COC(=O)CCCCCCCCCCCCC)OC(=O)CCCCCCC/C=C\CCCCCCCC. The van der Waals surface area contributed by atoms with E-state index in [4.69, 9.17) is 14.2 Å². The zero-order valence-electron chi connectivity index (χ0n) is 46.2. The predicted molar refractivity (Wildman–Crippen MR) is 307 cm³/mol. The average molecular weight is 986 g/mol. The molecule has 0 amide bonds. The number of allylic oxidation sites excluding steroid dienone is 18. The second-order valence-corrected chi connectivity index (χ2v) is 19.2. The normalized spacial score (nSPS) is 12.9. The van der Waals surface area contributed by atoms with Gasteiger partial charge >= 0.3 is 17.9 Å². The van der Waals surface area contributed by atoms with Crippen LogP contribution in [0.1, 0.15) is 265 Å². The molecule has 1 atom stereocenters. The van der Waals surface area contributed by atoms with E-state index in [2.05, 4.69) is 130 Å². The van der Waals surface area contributed by atoms with Gasteiger partial charge in [-0.05, 0) is 109 Å². The van der Waals surface area contributed by atoms with Crippen LogP contribution in [0.3, 0.4) is 0 Å². The van der Waals surface area contributed by atoms with Gasteiger partial charge in [0, 0.05) is 19.3 Å². The third kappa shape index (κ3) is 56.9. The van der Waals surface area contributed by atoms with E-state index in [-0.39, 0.29) is 31.1 Å². The summed E-state index contributed by atoms with van der Waals surface area (Å²) in [5, 5.41) is 0. The van der Waals surface area contributed by atoms with Gasteiger partial charge in [-0.15, -0.1) is 0 Å². The summed E-state index contributed by atoms with van der Waals surface area (Å²) in [6, 6.07) is 0. The van der Waals surface area contributed by atoms with Gasteiger partial charge in [0.25, 0.3) is 0 Å². The van der Waals surface area contributed by atoms with Crippen LogP contribution >= 0.6 is 0 Å². The van der Waals surface area contributed by atoms with Gasteiger partial charge in [-0.3, -0.25) is 14.4 Å². The summed E-state index contributed by atoms with van der Waals surface area (Å²) < 4.78 is 16.8. The fraction of sp³-hybridized carbons (Fsp3) is 0.677. The fourth-order valence-corrected chi connectivity index (χ4v) is 7.86. The largest absolute Gasteiger partial charge is 0.462 e. The van der Waals surface area contributed by atoms with Crippen LogP contribution in [0.4, 0.5) is 0 Å². The Kier molecular flexibility index (Phi) is 55.4. The molecule has 0 aromatic rings. The van der Waals surface area contributed by atoms with Gasteiger partial charge in [0.2, 0.25) is 0 Å². The molecule has 0 aliphatic rings. The molecule has 0 aliphatic carbocycles. The highest BCUT2D eigenvalue weighted by atomic mass is 16.6. The van der Waals surface area contributed by atoms with E-state index in [9.17, 15) is 14.4 Å². The van der Waals surface area contributed by atoms with Crippen LogP contribution in [0.2, 0.25) is 0 Å². The van der Waals surface area contributed by atoms with Gasteiger partial charge < -0.3 is 14.2 Å². The Labute approximate surface area is 438 Å². The third-order valence-corrected chi connectivity index (χ3v) is 12.3. The minimum absolute atomic E-state index is 0.0944. The molecule has 0 radical (unpaired) electrons. The molecular weight excluding hydrogens is 877 g/mol. The molecule has 0 aromatic heterocycles. The lowest BCUT2D eigenvalue weighted by Gasteiger charge is -2.18. The Morgan fingerprint density at radius 3 is 0.901 bits per heavy atom. The van der Waals surface area contributed by atoms with E-state index in [1.165, 1.54) is 103 Å². The first-order valence-corrected chi connectivity index (χ1v) is 29.4. The van der Waals surface area contributed by atoms with E-state index in [1.54, 1.807) is 0 Å². The fourth-order valence-electron chi connectivity index (χ4n) is 7.86. The summed E-state index contributed by atoms with van der Waals surface area (Å²) in [4.78, 5) is 38.1. The molecule has 1 unspecified atom stereocenters. The van der Waals surface area contributed by atoms with Gasteiger partial charge in [0.1, 0.15) is 13.2 Å². The lowest BCUT2D eigenvalue weighted by Crippen LogP contribution is -2.30. The second kappa shape index (κ2) is 58.6. The number of hydrogen-bond donors (Lipinski definition) is 0. The van der Waals surface area contributed by atoms with Gasteiger partial charge in [-0.25, -0.2) is 0 Å². The molecule has 71 heavy (non-hydrogen) atoms. The van der Waals surface area contributed by atoms with Crippen LogP contribution in [0.5, 0.6) is 0 Å². The average Bonchev–Trinajstić information content (AvgIpc) is 3.37. The highest BCUT2D eigenvalue weighted by Crippen LogP contribution is 2.14. The minimum Gasteiger partial charge on any atom is -0.462 e. The molecule has 0 aliphatic heterocycles. The van der Waals surface area contributed by atoms with Crippen LogP contribution in [0.25, 0.3) is 0 Å². The number of rotatable bonds is 52. The number of unbranched alkanes of at least 4 members (excludes halogenated alkanes) is 23. The summed E-state index contributed by atoms with van der Waals surface area (Å²) >= 11 is 0. The van der Waals surface area contributed by atoms with Crippen LogP contribution in [-0.2, 0) is 28.6 Å². The number of esters is 3. The van der Waals surface area contributed by atoms with Crippen molar-refractivity contribution in [3.05, 3.63) is 109 Å². The maximum Gasteiger partial charge on any atom is 0.306 e. The Bertz CT molecular complexity index is 1460. The van der Waals surface area contributed by atoms with E-state index in [0.29, 0.717) is 19.3 Å². The van der Waals surface area contributed by atoms with Crippen molar-refractivity contribution < 1.29 is 28.6 Å². The van der Waals surface area contributed by atoms with Crippen molar-refractivity contribution in [2.45, 2.75) is 271 Å². The molecule has 404 valence electrons. The number of hydrogen-bond acceptors (Lipinski definition) is 6. The molecule has 0 aromatic carbocycles. The van der Waals surface area contributed by atoms with Gasteiger partial charge in [0.15, 0.2) is 6.10 Å². The number of carbonyl (C=O) groups is 3. The maximum atomic E-state index is 12.8. The minimum atomic E-state index is -0.800. The second-order valence-electron chi connectivity index (χ2n) is 19.2. The summed E-state index contributed by atoms with van der Waals surface area (Å²) in [6.07, 6.45) is 79.4. The molecule has 0 fully saturated rings. The van der Waals surface area contributed by atoms with Crippen molar-refractivity contribution in [3.63, 3.8) is 0 Å². The van der Waals surface area contributed by atoms with Gasteiger partial charge in [-0.2, -0.15) is 0 Å². The van der Waals surface area contributed by atoms with Crippen molar-refractivity contribution in [1.29, 1.82) is 0 Å².